The minimum Gasteiger partial charge on any atom is -0.303 e. The lowest BCUT2D eigenvalue weighted by Crippen LogP contribution is -2.37. The Bertz CT molecular complexity index is 715. The van der Waals surface area contributed by atoms with E-state index in [0.717, 1.165) is 32.5 Å². The average molecular weight is 407 g/mol. The van der Waals surface area contributed by atoms with Gasteiger partial charge in [-0.1, -0.05) is 23.2 Å². The first kappa shape index (κ1) is 20.6. The molecule has 1 fully saturated rings. The topological polar surface area (TPSA) is 57.7 Å². The number of Topliss-reactive ketones (excluding diaryl/α,β-unsaturated/α-hetero) is 1. The first-order chi connectivity index (χ1) is 11.7. The van der Waals surface area contributed by atoms with Crippen molar-refractivity contribution in [2.45, 2.75) is 19.3 Å². The van der Waals surface area contributed by atoms with Crippen LogP contribution >= 0.6 is 23.2 Å². The van der Waals surface area contributed by atoms with Gasteiger partial charge in [-0.25, -0.2) is 12.7 Å². The third-order valence-electron chi connectivity index (χ3n) is 4.60. The molecule has 1 heterocycles. The number of likely N-dealkylation sites (tertiary alicyclic amines) is 1. The van der Waals surface area contributed by atoms with E-state index in [9.17, 15) is 13.2 Å². The fourth-order valence-corrected chi connectivity index (χ4v) is 4.11. The molecule has 0 N–H and O–H groups in total. The van der Waals surface area contributed by atoms with Crippen LogP contribution in [-0.4, -0.2) is 62.9 Å². The van der Waals surface area contributed by atoms with E-state index in [-0.39, 0.29) is 17.5 Å². The summed E-state index contributed by atoms with van der Waals surface area (Å²) in [6.07, 6.45) is 2.16. The Morgan fingerprint density at radius 3 is 2.40 bits per heavy atom. The molecule has 1 aliphatic rings. The predicted octanol–water partition coefficient (Wildman–Crippen LogP) is 3.17. The van der Waals surface area contributed by atoms with Gasteiger partial charge in [-0.3, -0.25) is 4.79 Å². The van der Waals surface area contributed by atoms with Crippen molar-refractivity contribution in [3.05, 3.63) is 33.8 Å². The highest BCUT2D eigenvalue weighted by molar-refractivity contribution is 7.89. The van der Waals surface area contributed by atoms with Gasteiger partial charge in [-0.05, 0) is 57.1 Å². The van der Waals surface area contributed by atoms with E-state index in [1.165, 1.54) is 4.31 Å². The van der Waals surface area contributed by atoms with Crippen molar-refractivity contribution in [2.75, 3.05) is 39.5 Å². The van der Waals surface area contributed by atoms with E-state index in [0.29, 0.717) is 22.0 Å². The molecule has 1 aromatic carbocycles. The first-order valence-electron chi connectivity index (χ1n) is 8.32. The molecule has 1 aliphatic heterocycles. The van der Waals surface area contributed by atoms with Crippen LogP contribution in [0.2, 0.25) is 10.0 Å². The Hall–Kier alpha value is -0.660. The van der Waals surface area contributed by atoms with Crippen LogP contribution in [0.1, 0.15) is 29.6 Å². The predicted molar refractivity (Wildman–Crippen MR) is 102 cm³/mol. The standard InChI is InChI=1S/C17H24Cl2N2O3S/c1-20(2)25(23,24)11-3-8-21-9-6-13(7-10-21)17(22)14-4-5-15(18)16(19)12-14/h4-5,12-13H,3,6-11H2,1-2H3. The van der Waals surface area contributed by atoms with Crippen molar-refractivity contribution in [1.82, 2.24) is 9.21 Å². The highest BCUT2D eigenvalue weighted by Crippen LogP contribution is 2.27. The summed E-state index contributed by atoms with van der Waals surface area (Å²) in [6, 6.07) is 5.00. The summed E-state index contributed by atoms with van der Waals surface area (Å²) < 4.78 is 24.8. The minimum absolute atomic E-state index is 0.0148. The maximum absolute atomic E-state index is 12.6. The summed E-state index contributed by atoms with van der Waals surface area (Å²) in [5.41, 5.74) is 0.602. The molecule has 0 unspecified atom stereocenters. The van der Waals surface area contributed by atoms with E-state index in [1.807, 2.05) is 0 Å². The summed E-state index contributed by atoms with van der Waals surface area (Å²) in [6.45, 7) is 2.35. The molecule has 140 valence electrons. The fourth-order valence-electron chi connectivity index (χ4n) is 2.96. The van der Waals surface area contributed by atoms with Gasteiger partial charge in [0.1, 0.15) is 0 Å². The van der Waals surface area contributed by atoms with Crippen LogP contribution in [0.25, 0.3) is 0 Å². The summed E-state index contributed by atoms with van der Waals surface area (Å²) in [5, 5.41) is 0.841. The second-order valence-electron chi connectivity index (χ2n) is 6.56. The van der Waals surface area contributed by atoms with Crippen molar-refractivity contribution in [3.8, 4) is 0 Å². The Labute approximate surface area is 159 Å². The largest absolute Gasteiger partial charge is 0.303 e. The molecule has 2 rings (SSSR count). The number of hydrogen-bond donors (Lipinski definition) is 0. The lowest BCUT2D eigenvalue weighted by Gasteiger charge is -2.31. The Morgan fingerprint density at radius 1 is 1.20 bits per heavy atom. The van der Waals surface area contributed by atoms with Crippen LogP contribution in [-0.2, 0) is 10.0 Å². The zero-order chi connectivity index (χ0) is 18.6. The van der Waals surface area contributed by atoms with E-state index in [1.54, 1.807) is 32.3 Å². The second-order valence-corrected chi connectivity index (χ2v) is 9.68. The van der Waals surface area contributed by atoms with Gasteiger partial charge in [0.2, 0.25) is 10.0 Å². The third-order valence-corrected chi connectivity index (χ3v) is 7.25. The number of benzene rings is 1. The van der Waals surface area contributed by atoms with E-state index >= 15 is 0 Å². The smallest absolute Gasteiger partial charge is 0.213 e. The quantitative estimate of drug-likeness (QED) is 0.652. The number of nitrogens with zero attached hydrogens (tertiary/aromatic N) is 2. The molecule has 0 spiro atoms. The third kappa shape index (κ3) is 5.66. The lowest BCUT2D eigenvalue weighted by atomic mass is 9.89. The fraction of sp³-hybridized carbons (Fsp3) is 0.588. The molecule has 0 aromatic heterocycles. The van der Waals surface area contributed by atoms with Crippen LogP contribution < -0.4 is 0 Å². The first-order valence-corrected chi connectivity index (χ1v) is 10.7. The molecule has 0 aliphatic carbocycles. The van der Waals surface area contributed by atoms with Crippen molar-refractivity contribution in [1.29, 1.82) is 0 Å². The number of rotatable bonds is 7. The minimum atomic E-state index is -3.14. The number of sulfonamides is 1. The molecule has 0 bridgehead atoms. The summed E-state index contributed by atoms with van der Waals surface area (Å²) in [4.78, 5) is 14.8. The number of ketones is 1. The Kier molecular flexibility index (Phi) is 7.29. The van der Waals surface area contributed by atoms with Crippen LogP contribution in [0.15, 0.2) is 18.2 Å². The molecular formula is C17H24Cl2N2O3S. The van der Waals surface area contributed by atoms with Crippen molar-refractivity contribution in [3.63, 3.8) is 0 Å². The molecular weight excluding hydrogens is 383 g/mol. The van der Waals surface area contributed by atoms with Gasteiger partial charge in [-0.2, -0.15) is 0 Å². The molecule has 0 amide bonds. The van der Waals surface area contributed by atoms with Crippen molar-refractivity contribution < 1.29 is 13.2 Å². The van der Waals surface area contributed by atoms with Gasteiger partial charge >= 0.3 is 0 Å². The number of carbonyl (C=O) groups is 1. The van der Waals surface area contributed by atoms with Gasteiger partial charge in [0.15, 0.2) is 5.78 Å². The van der Waals surface area contributed by atoms with E-state index in [2.05, 4.69) is 4.90 Å². The maximum Gasteiger partial charge on any atom is 0.213 e. The highest BCUT2D eigenvalue weighted by Gasteiger charge is 2.26. The molecule has 8 heteroatoms. The zero-order valence-electron chi connectivity index (χ0n) is 14.5. The molecule has 5 nitrogen and oxygen atoms in total. The molecule has 1 saturated heterocycles. The zero-order valence-corrected chi connectivity index (χ0v) is 16.9. The molecule has 1 aromatic rings. The number of halogens is 2. The van der Waals surface area contributed by atoms with Crippen molar-refractivity contribution >= 4 is 39.0 Å². The van der Waals surface area contributed by atoms with Gasteiger partial charge in [-0.15, -0.1) is 0 Å². The van der Waals surface area contributed by atoms with Crippen LogP contribution in [0.3, 0.4) is 0 Å². The molecule has 0 atom stereocenters. The Morgan fingerprint density at radius 2 is 1.84 bits per heavy atom. The Balaban J connectivity index is 1.81. The normalized spacial score (nSPS) is 17.2. The molecule has 0 saturated carbocycles. The van der Waals surface area contributed by atoms with Gasteiger partial charge < -0.3 is 4.90 Å². The van der Waals surface area contributed by atoms with Crippen LogP contribution in [0, 0.1) is 5.92 Å². The van der Waals surface area contributed by atoms with E-state index < -0.39 is 10.0 Å². The van der Waals surface area contributed by atoms with E-state index in [4.69, 9.17) is 23.2 Å². The summed E-state index contributed by atoms with van der Waals surface area (Å²) in [5.74, 6) is 0.245. The van der Waals surface area contributed by atoms with Gasteiger partial charge in [0, 0.05) is 25.6 Å². The van der Waals surface area contributed by atoms with Gasteiger partial charge in [0.25, 0.3) is 0 Å². The van der Waals surface area contributed by atoms with Crippen LogP contribution in [0.4, 0.5) is 0 Å². The maximum atomic E-state index is 12.6. The van der Waals surface area contributed by atoms with Crippen LogP contribution in [0.5, 0.6) is 0 Å². The average Bonchev–Trinajstić information content (AvgIpc) is 2.57. The number of carbonyl (C=O) groups excluding carboxylic acids is 1. The highest BCUT2D eigenvalue weighted by atomic mass is 35.5. The summed E-state index contributed by atoms with van der Waals surface area (Å²) >= 11 is 11.9. The summed E-state index contributed by atoms with van der Waals surface area (Å²) in [7, 11) is -0.0355. The molecule has 0 radical (unpaired) electrons. The SMILES string of the molecule is CN(C)S(=O)(=O)CCCN1CCC(C(=O)c2ccc(Cl)c(Cl)c2)CC1. The lowest BCUT2D eigenvalue weighted by molar-refractivity contribution is 0.0840. The van der Waals surface area contributed by atoms with Gasteiger partial charge in [0.05, 0.1) is 15.8 Å². The number of hydrogen-bond acceptors (Lipinski definition) is 4. The number of piperidine rings is 1. The second kappa shape index (κ2) is 8.82. The monoisotopic (exact) mass is 406 g/mol. The molecule has 25 heavy (non-hydrogen) atoms. The van der Waals surface area contributed by atoms with Crippen molar-refractivity contribution in [2.24, 2.45) is 5.92 Å².